The quantitative estimate of drug-likeness (QED) is 0.475. The van der Waals surface area contributed by atoms with Gasteiger partial charge in [-0.05, 0) is 35.5 Å². The Balaban J connectivity index is 1.62. The average Bonchev–Trinajstić information content (AvgIpc) is 2.97. The van der Waals surface area contributed by atoms with Gasteiger partial charge in [-0.15, -0.1) is 0 Å². The molecule has 7 nitrogen and oxygen atoms in total. The van der Waals surface area contributed by atoms with Crippen molar-refractivity contribution in [3.05, 3.63) is 57.0 Å². The van der Waals surface area contributed by atoms with Crippen LogP contribution in [0.25, 0.3) is 6.08 Å². The van der Waals surface area contributed by atoms with E-state index in [0.29, 0.717) is 18.1 Å². The average molecular weight is 345 g/mol. The Morgan fingerprint density at radius 2 is 1.96 bits per heavy atom. The zero-order valence-electron chi connectivity index (χ0n) is 12.8. The van der Waals surface area contributed by atoms with E-state index in [0.717, 1.165) is 23.8 Å². The molecule has 1 fully saturated rings. The van der Waals surface area contributed by atoms with Crippen molar-refractivity contribution in [1.82, 2.24) is 4.90 Å². The highest BCUT2D eigenvalue weighted by atomic mass is 32.2. The third-order valence-corrected chi connectivity index (χ3v) is 4.59. The lowest BCUT2D eigenvalue weighted by atomic mass is 10.2. The van der Waals surface area contributed by atoms with Crippen LogP contribution in [0.15, 0.2) is 46.3 Å². The maximum absolute atomic E-state index is 11.9. The number of rotatable bonds is 3. The fraction of sp³-hybridized carbons (Fsp3) is 0.250. The number of thioether (sulfide) groups is 1. The summed E-state index contributed by atoms with van der Waals surface area (Å²) in [5, 5.41) is 11.3. The van der Waals surface area contributed by atoms with Crippen molar-refractivity contribution in [2.45, 2.75) is 0 Å². The van der Waals surface area contributed by atoms with Gasteiger partial charge in [0.2, 0.25) is 0 Å². The summed E-state index contributed by atoms with van der Waals surface area (Å²) in [5.41, 5.74) is 0.873. The molecular formula is C16H15N3O4S. The van der Waals surface area contributed by atoms with Crippen molar-refractivity contribution in [2.75, 3.05) is 26.3 Å². The van der Waals surface area contributed by atoms with Crippen molar-refractivity contribution in [3.8, 4) is 0 Å². The van der Waals surface area contributed by atoms with Crippen LogP contribution in [0.5, 0.6) is 0 Å². The SMILES string of the molecule is O=C1N=C(N2CCOCC2)SC1=CC=Cc1ccc([N+](=O)[O-])cc1. The number of hydrogen-bond donors (Lipinski definition) is 0. The molecule has 3 rings (SSSR count). The number of carbonyl (C=O) groups is 1. The predicted molar refractivity (Wildman–Crippen MR) is 92.6 cm³/mol. The number of carbonyl (C=O) groups excluding carboxylic acids is 1. The van der Waals surface area contributed by atoms with Gasteiger partial charge >= 0.3 is 0 Å². The Morgan fingerprint density at radius 3 is 2.62 bits per heavy atom. The zero-order chi connectivity index (χ0) is 16.9. The molecule has 0 aliphatic carbocycles. The minimum absolute atomic E-state index is 0.0515. The summed E-state index contributed by atoms with van der Waals surface area (Å²) < 4.78 is 5.29. The van der Waals surface area contributed by atoms with Crippen LogP contribution in [0.1, 0.15) is 5.56 Å². The molecule has 0 saturated carbocycles. The number of benzene rings is 1. The first-order valence-electron chi connectivity index (χ1n) is 7.40. The van der Waals surface area contributed by atoms with Crippen molar-refractivity contribution >= 4 is 34.6 Å². The molecule has 1 aromatic carbocycles. The summed E-state index contributed by atoms with van der Waals surface area (Å²) in [6.07, 6.45) is 5.25. The van der Waals surface area contributed by atoms with Gasteiger partial charge in [0.25, 0.3) is 11.6 Å². The van der Waals surface area contributed by atoms with Crippen LogP contribution in [0.3, 0.4) is 0 Å². The molecule has 1 saturated heterocycles. The van der Waals surface area contributed by atoms with Gasteiger partial charge in [-0.1, -0.05) is 12.2 Å². The molecule has 24 heavy (non-hydrogen) atoms. The number of amidine groups is 1. The van der Waals surface area contributed by atoms with Gasteiger partial charge in [-0.3, -0.25) is 14.9 Å². The third-order valence-electron chi connectivity index (χ3n) is 3.53. The number of amides is 1. The van der Waals surface area contributed by atoms with E-state index in [1.807, 2.05) is 4.90 Å². The molecule has 2 aliphatic heterocycles. The number of ether oxygens (including phenoxy) is 1. The summed E-state index contributed by atoms with van der Waals surface area (Å²) in [6, 6.07) is 6.21. The van der Waals surface area contributed by atoms with E-state index in [4.69, 9.17) is 4.74 Å². The van der Waals surface area contributed by atoms with E-state index in [-0.39, 0.29) is 11.6 Å². The fourth-order valence-electron chi connectivity index (χ4n) is 2.26. The van der Waals surface area contributed by atoms with Crippen molar-refractivity contribution in [3.63, 3.8) is 0 Å². The summed E-state index contributed by atoms with van der Waals surface area (Å²) in [4.78, 5) is 28.8. The number of nitro benzene ring substituents is 1. The third kappa shape index (κ3) is 3.90. The van der Waals surface area contributed by atoms with Crippen LogP contribution in [0, 0.1) is 10.1 Å². The minimum Gasteiger partial charge on any atom is -0.378 e. The molecule has 0 aromatic heterocycles. The Hall–Kier alpha value is -2.45. The highest BCUT2D eigenvalue weighted by Crippen LogP contribution is 2.28. The lowest BCUT2D eigenvalue weighted by Crippen LogP contribution is -2.38. The van der Waals surface area contributed by atoms with Gasteiger partial charge in [0, 0.05) is 25.2 Å². The minimum atomic E-state index is -0.437. The largest absolute Gasteiger partial charge is 0.378 e. The Kier molecular flexibility index (Phi) is 5.07. The summed E-state index contributed by atoms with van der Waals surface area (Å²) in [7, 11) is 0. The summed E-state index contributed by atoms with van der Waals surface area (Å²) in [5.74, 6) is -0.241. The van der Waals surface area contributed by atoms with E-state index in [1.165, 1.54) is 23.9 Å². The standard InChI is InChI=1S/C16H15N3O4S/c20-15-14(24-16(17-15)18-8-10-23-11-9-18)3-1-2-12-4-6-13(7-5-12)19(21)22/h1-7H,8-11H2. The van der Waals surface area contributed by atoms with Gasteiger partial charge in [0.15, 0.2) is 5.17 Å². The molecule has 2 aliphatic rings. The van der Waals surface area contributed by atoms with Crippen LogP contribution in [-0.4, -0.2) is 47.2 Å². The Morgan fingerprint density at radius 1 is 1.25 bits per heavy atom. The smallest absolute Gasteiger partial charge is 0.286 e. The first-order chi connectivity index (χ1) is 11.6. The number of non-ortho nitro benzene ring substituents is 1. The van der Waals surface area contributed by atoms with Crippen LogP contribution in [0.2, 0.25) is 0 Å². The van der Waals surface area contributed by atoms with Gasteiger partial charge in [-0.25, -0.2) is 0 Å². The summed E-state index contributed by atoms with van der Waals surface area (Å²) in [6.45, 7) is 2.77. The predicted octanol–water partition coefficient (Wildman–Crippen LogP) is 2.45. The topological polar surface area (TPSA) is 85.0 Å². The molecule has 2 heterocycles. The second-order valence-corrected chi connectivity index (χ2v) is 6.15. The number of hydrogen-bond acceptors (Lipinski definition) is 6. The van der Waals surface area contributed by atoms with E-state index in [2.05, 4.69) is 4.99 Å². The van der Waals surface area contributed by atoms with Crippen LogP contribution >= 0.6 is 11.8 Å². The van der Waals surface area contributed by atoms with E-state index in [1.54, 1.807) is 30.4 Å². The van der Waals surface area contributed by atoms with Gasteiger partial charge in [0.1, 0.15) is 0 Å². The van der Waals surface area contributed by atoms with E-state index < -0.39 is 4.92 Å². The Bertz CT molecular complexity index is 734. The van der Waals surface area contributed by atoms with Gasteiger partial charge in [0.05, 0.1) is 23.0 Å². The van der Waals surface area contributed by atoms with Crippen LogP contribution in [-0.2, 0) is 9.53 Å². The maximum atomic E-state index is 11.9. The van der Waals surface area contributed by atoms with Crippen molar-refractivity contribution in [1.29, 1.82) is 0 Å². The molecular weight excluding hydrogens is 330 g/mol. The molecule has 0 atom stereocenters. The number of morpholine rings is 1. The lowest BCUT2D eigenvalue weighted by Gasteiger charge is -2.27. The molecule has 124 valence electrons. The maximum Gasteiger partial charge on any atom is 0.286 e. The second-order valence-electron chi connectivity index (χ2n) is 5.14. The zero-order valence-corrected chi connectivity index (χ0v) is 13.6. The first-order valence-corrected chi connectivity index (χ1v) is 8.21. The highest BCUT2D eigenvalue weighted by molar-refractivity contribution is 8.18. The molecule has 0 N–H and O–H groups in total. The Labute approximate surface area is 142 Å². The molecule has 0 spiro atoms. The summed E-state index contributed by atoms with van der Waals surface area (Å²) >= 11 is 1.36. The molecule has 0 radical (unpaired) electrons. The van der Waals surface area contributed by atoms with Gasteiger partial charge in [-0.2, -0.15) is 4.99 Å². The van der Waals surface area contributed by atoms with Crippen molar-refractivity contribution in [2.24, 2.45) is 4.99 Å². The molecule has 0 unspecified atom stereocenters. The van der Waals surface area contributed by atoms with E-state index >= 15 is 0 Å². The lowest BCUT2D eigenvalue weighted by molar-refractivity contribution is -0.384. The number of nitro groups is 1. The normalized spacial score (nSPS) is 20.0. The number of allylic oxidation sites excluding steroid dienone is 2. The molecule has 1 amide bonds. The molecule has 8 heteroatoms. The second kappa shape index (κ2) is 7.41. The number of nitrogens with zero attached hydrogens (tertiary/aromatic N) is 3. The molecule has 1 aromatic rings. The van der Waals surface area contributed by atoms with Crippen LogP contribution < -0.4 is 0 Å². The molecule has 0 bridgehead atoms. The van der Waals surface area contributed by atoms with Gasteiger partial charge < -0.3 is 9.64 Å². The highest BCUT2D eigenvalue weighted by Gasteiger charge is 2.26. The first kappa shape index (κ1) is 16.4. The van der Waals surface area contributed by atoms with E-state index in [9.17, 15) is 14.9 Å². The van der Waals surface area contributed by atoms with Crippen molar-refractivity contribution < 1.29 is 14.5 Å². The van der Waals surface area contributed by atoms with Crippen LogP contribution in [0.4, 0.5) is 5.69 Å². The number of aliphatic imine (C=N–C) groups is 1. The monoisotopic (exact) mass is 345 g/mol. The fourth-order valence-corrected chi connectivity index (χ4v) is 3.17.